The second-order valence-electron chi connectivity index (χ2n) is 6.51. The van der Waals surface area contributed by atoms with E-state index in [1.54, 1.807) is 12.1 Å². The summed E-state index contributed by atoms with van der Waals surface area (Å²) in [6, 6.07) is 12.5. The maximum atomic E-state index is 12.4. The molecule has 0 saturated heterocycles. The monoisotopic (exact) mass is 391 g/mol. The first kappa shape index (κ1) is 18.5. The number of carboxylic acid groups (broad SMARTS) is 1. The number of β-amino-alcohol motifs (C(OH)–C–C–N with tert-alkyl or cyclic N) is 1. The fourth-order valence-corrected chi connectivity index (χ4v) is 3.39. The van der Waals surface area contributed by atoms with Crippen LogP contribution in [0.3, 0.4) is 0 Å². The van der Waals surface area contributed by atoms with Gasteiger partial charge in [0.25, 0.3) is 11.8 Å². The molecule has 0 atom stereocenters. The molecule has 2 amide bonds. The molecular formula is C21H17N3O5. The summed E-state index contributed by atoms with van der Waals surface area (Å²) in [6.07, 6.45) is 2.92. The van der Waals surface area contributed by atoms with Crippen LogP contribution < -0.4 is 5.32 Å². The Labute approximate surface area is 165 Å². The van der Waals surface area contributed by atoms with Crippen LogP contribution in [0.2, 0.25) is 0 Å². The lowest BCUT2D eigenvalue weighted by Gasteiger charge is -2.15. The van der Waals surface area contributed by atoms with Gasteiger partial charge in [-0.25, -0.2) is 4.79 Å². The molecule has 3 aromatic rings. The number of imide groups is 1. The zero-order chi connectivity index (χ0) is 20.5. The smallest absolute Gasteiger partial charge is 0.337 e. The van der Waals surface area contributed by atoms with Gasteiger partial charge in [-0.05, 0) is 35.4 Å². The van der Waals surface area contributed by atoms with Gasteiger partial charge >= 0.3 is 5.97 Å². The van der Waals surface area contributed by atoms with Crippen molar-refractivity contribution in [3.63, 3.8) is 0 Å². The van der Waals surface area contributed by atoms with Gasteiger partial charge in [0.1, 0.15) is 5.70 Å². The third-order valence-electron chi connectivity index (χ3n) is 4.76. The van der Waals surface area contributed by atoms with Crippen LogP contribution in [-0.4, -0.2) is 51.0 Å². The molecule has 0 bridgehead atoms. The number of fused-ring (bicyclic) bond motifs is 1. The van der Waals surface area contributed by atoms with E-state index < -0.39 is 17.8 Å². The van der Waals surface area contributed by atoms with Crippen LogP contribution in [0.25, 0.3) is 22.0 Å². The van der Waals surface area contributed by atoms with Gasteiger partial charge in [-0.1, -0.05) is 18.2 Å². The van der Waals surface area contributed by atoms with E-state index >= 15 is 0 Å². The van der Waals surface area contributed by atoms with Gasteiger partial charge in [0.05, 0.1) is 24.4 Å². The third-order valence-corrected chi connectivity index (χ3v) is 4.76. The summed E-state index contributed by atoms with van der Waals surface area (Å²) in [4.78, 5) is 40.1. The number of aromatic carboxylic acids is 1. The quantitative estimate of drug-likeness (QED) is 0.478. The molecule has 1 aromatic heterocycles. The summed E-state index contributed by atoms with van der Waals surface area (Å²) in [5.41, 5.74) is 2.72. The molecule has 146 valence electrons. The first-order chi connectivity index (χ1) is 14.0. The summed E-state index contributed by atoms with van der Waals surface area (Å²) in [5.74, 6) is -2.33. The number of aromatic nitrogens is 1. The second kappa shape index (κ2) is 7.25. The van der Waals surface area contributed by atoms with Gasteiger partial charge < -0.3 is 20.5 Å². The molecule has 29 heavy (non-hydrogen) atoms. The minimum atomic E-state index is -1.16. The molecule has 1 aliphatic rings. The van der Waals surface area contributed by atoms with E-state index in [1.807, 2.05) is 30.5 Å². The number of carbonyl (C=O) groups excluding carboxylic acids is 2. The van der Waals surface area contributed by atoms with Crippen LogP contribution in [0.15, 0.2) is 60.4 Å². The number of rotatable bonds is 6. The number of benzene rings is 2. The Morgan fingerprint density at radius 3 is 2.72 bits per heavy atom. The van der Waals surface area contributed by atoms with Gasteiger partial charge in [-0.3, -0.25) is 14.5 Å². The van der Waals surface area contributed by atoms with Crippen molar-refractivity contribution in [1.29, 1.82) is 0 Å². The van der Waals surface area contributed by atoms with E-state index in [0.717, 1.165) is 33.0 Å². The molecule has 8 nitrogen and oxygen atoms in total. The van der Waals surface area contributed by atoms with Gasteiger partial charge in [0, 0.05) is 23.2 Å². The Balaban J connectivity index is 1.75. The molecule has 4 rings (SSSR count). The SMILES string of the molecule is O=C(O)c1ccc(-c2cccc3[nH]ccc23)cc1NC1=CC(=O)N(CCO)C1=O. The highest BCUT2D eigenvalue weighted by molar-refractivity contribution is 6.18. The van der Waals surface area contributed by atoms with Crippen LogP contribution in [0.5, 0.6) is 0 Å². The Kier molecular flexibility index (Phi) is 4.61. The Hall–Kier alpha value is -3.91. The summed E-state index contributed by atoms with van der Waals surface area (Å²) in [5, 5.41) is 22.3. The molecule has 2 heterocycles. The largest absolute Gasteiger partial charge is 0.478 e. The van der Waals surface area contributed by atoms with Crippen LogP contribution in [0.1, 0.15) is 10.4 Å². The number of aliphatic hydroxyl groups excluding tert-OH is 1. The number of amides is 2. The lowest BCUT2D eigenvalue weighted by molar-refractivity contribution is -0.137. The summed E-state index contributed by atoms with van der Waals surface area (Å²) < 4.78 is 0. The lowest BCUT2D eigenvalue weighted by Crippen LogP contribution is -2.34. The molecule has 0 unspecified atom stereocenters. The van der Waals surface area contributed by atoms with Crippen LogP contribution in [-0.2, 0) is 9.59 Å². The van der Waals surface area contributed by atoms with Crippen molar-refractivity contribution in [2.75, 3.05) is 18.5 Å². The maximum Gasteiger partial charge on any atom is 0.337 e. The van der Waals surface area contributed by atoms with E-state index in [0.29, 0.717) is 0 Å². The number of aromatic amines is 1. The van der Waals surface area contributed by atoms with E-state index in [4.69, 9.17) is 5.11 Å². The number of carbonyl (C=O) groups is 3. The number of hydrogen-bond acceptors (Lipinski definition) is 5. The van der Waals surface area contributed by atoms with Gasteiger partial charge in [0.2, 0.25) is 0 Å². The minimum Gasteiger partial charge on any atom is -0.478 e. The number of anilines is 1. The molecule has 1 aliphatic heterocycles. The molecule has 0 radical (unpaired) electrons. The number of H-pyrrole nitrogens is 1. The van der Waals surface area contributed by atoms with E-state index in [1.165, 1.54) is 6.07 Å². The van der Waals surface area contributed by atoms with Crippen LogP contribution >= 0.6 is 0 Å². The molecule has 8 heteroatoms. The van der Waals surface area contributed by atoms with Gasteiger partial charge in [-0.15, -0.1) is 0 Å². The molecule has 0 aliphatic carbocycles. The number of carboxylic acids is 1. The van der Waals surface area contributed by atoms with E-state index in [-0.39, 0.29) is 30.1 Å². The first-order valence-electron chi connectivity index (χ1n) is 8.89. The summed E-state index contributed by atoms with van der Waals surface area (Å²) in [6.45, 7) is -0.476. The molecule has 2 aromatic carbocycles. The highest BCUT2D eigenvalue weighted by Crippen LogP contribution is 2.32. The molecule has 0 saturated carbocycles. The number of nitrogens with one attached hydrogen (secondary N) is 2. The maximum absolute atomic E-state index is 12.4. The van der Waals surface area contributed by atoms with Crippen molar-refractivity contribution in [3.8, 4) is 11.1 Å². The summed E-state index contributed by atoms with van der Waals surface area (Å²) >= 11 is 0. The van der Waals surface area contributed by atoms with Gasteiger partial charge in [-0.2, -0.15) is 0 Å². The number of nitrogens with zero attached hydrogens (tertiary/aromatic N) is 1. The van der Waals surface area contributed by atoms with Crippen molar-refractivity contribution in [2.24, 2.45) is 0 Å². The van der Waals surface area contributed by atoms with E-state index in [2.05, 4.69) is 10.3 Å². The van der Waals surface area contributed by atoms with Crippen molar-refractivity contribution < 1.29 is 24.6 Å². The molecule has 0 spiro atoms. The Morgan fingerprint density at radius 1 is 1.14 bits per heavy atom. The fourth-order valence-electron chi connectivity index (χ4n) is 3.39. The zero-order valence-corrected chi connectivity index (χ0v) is 15.2. The number of hydrogen-bond donors (Lipinski definition) is 4. The number of aliphatic hydroxyl groups is 1. The predicted molar refractivity (Wildman–Crippen MR) is 106 cm³/mol. The predicted octanol–water partition coefficient (Wildman–Crippen LogP) is 2.19. The van der Waals surface area contributed by atoms with Crippen LogP contribution in [0.4, 0.5) is 5.69 Å². The summed E-state index contributed by atoms with van der Waals surface area (Å²) in [7, 11) is 0. The normalized spacial score (nSPS) is 13.8. The van der Waals surface area contributed by atoms with Crippen molar-refractivity contribution in [1.82, 2.24) is 9.88 Å². The average Bonchev–Trinajstić information content (AvgIpc) is 3.28. The minimum absolute atomic E-state index is 0.0308. The van der Waals surface area contributed by atoms with Crippen LogP contribution in [0, 0.1) is 0 Å². The second-order valence-corrected chi connectivity index (χ2v) is 6.51. The Bertz CT molecular complexity index is 1180. The lowest BCUT2D eigenvalue weighted by atomic mass is 9.99. The highest BCUT2D eigenvalue weighted by Gasteiger charge is 2.31. The molecule has 0 fully saturated rings. The topological polar surface area (TPSA) is 123 Å². The highest BCUT2D eigenvalue weighted by atomic mass is 16.4. The molecular weight excluding hydrogens is 374 g/mol. The standard InChI is InChI=1S/C21H17N3O5/c25-9-8-24-19(26)11-18(20(24)27)23-17-10-12(4-5-15(17)21(28)29)13-2-1-3-16-14(13)6-7-22-16/h1-7,10-11,22-23,25H,8-9H2,(H,28,29). The Morgan fingerprint density at radius 2 is 1.97 bits per heavy atom. The zero-order valence-electron chi connectivity index (χ0n) is 15.2. The van der Waals surface area contributed by atoms with Crippen molar-refractivity contribution in [3.05, 3.63) is 66.0 Å². The average molecular weight is 391 g/mol. The third kappa shape index (κ3) is 3.26. The fraction of sp³-hybridized carbons (Fsp3) is 0.0952. The molecule has 4 N–H and O–H groups in total. The van der Waals surface area contributed by atoms with Crippen molar-refractivity contribution in [2.45, 2.75) is 0 Å². The first-order valence-corrected chi connectivity index (χ1v) is 8.89. The van der Waals surface area contributed by atoms with E-state index in [9.17, 15) is 19.5 Å². The van der Waals surface area contributed by atoms with Crippen molar-refractivity contribution >= 4 is 34.4 Å². The van der Waals surface area contributed by atoms with Gasteiger partial charge in [0.15, 0.2) is 0 Å².